The van der Waals surface area contributed by atoms with Crippen molar-refractivity contribution < 1.29 is 14.3 Å². The maximum atomic E-state index is 13.2. The van der Waals surface area contributed by atoms with Crippen LogP contribution in [0.15, 0.2) is 30.3 Å². The first-order valence-corrected chi connectivity index (χ1v) is 10.2. The summed E-state index contributed by atoms with van der Waals surface area (Å²) in [4.78, 5) is 27.4. The number of piperidine rings is 1. The first-order chi connectivity index (χ1) is 12.6. The molecule has 4 nitrogen and oxygen atoms in total. The molecule has 5 rings (SSSR count). The van der Waals surface area contributed by atoms with Gasteiger partial charge in [-0.3, -0.25) is 9.59 Å². The summed E-state index contributed by atoms with van der Waals surface area (Å²) in [5, 5.41) is -0.188. The zero-order chi connectivity index (χ0) is 17.8. The highest BCUT2D eigenvalue weighted by Gasteiger charge is 2.68. The first kappa shape index (κ1) is 16.6. The molecular weight excluding hydrogens is 350 g/mol. The maximum absolute atomic E-state index is 13.2. The van der Waals surface area contributed by atoms with Gasteiger partial charge in [-0.2, -0.15) is 0 Å². The van der Waals surface area contributed by atoms with E-state index in [-0.39, 0.29) is 47.0 Å². The summed E-state index contributed by atoms with van der Waals surface area (Å²) in [7, 11) is 0. The van der Waals surface area contributed by atoms with Crippen molar-refractivity contribution in [2.45, 2.75) is 37.2 Å². The Kier molecular flexibility index (Phi) is 4.00. The van der Waals surface area contributed by atoms with Crippen molar-refractivity contribution in [2.24, 2.45) is 29.6 Å². The van der Waals surface area contributed by atoms with Gasteiger partial charge in [0.25, 0.3) is 0 Å². The van der Waals surface area contributed by atoms with Gasteiger partial charge in [0.1, 0.15) is 6.10 Å². The largest absolute Gasteiger partial charge is 0.460 e. The van der Waals surface area contributed by atoms with Gasteiger partial charge in [0.05, 0.1) is 17.2 Å². The van der Waals surface area contributed by atoms with E-state index in [1.165, 1.54) is 5.56 Å². The molecule has 5 heteroatoms. The van der Waals surface area contributed by atoms with Crippen LogP contribution in [0.4, 0.5) is 0 Å². The molecule has 6 atom stereocenters. The van der Waals surface area contributed by atoms with E-state index in [1.54, 1.807) is 0 Å². The summed E-state index contributed by atoms with van der Waals surface area (Å²) in [5.41, 5.74) is 1.37. The summed E-state index contributed by atoms with van der Waals surface area (Å²) < 4.78 is 5.46. The van der Waals surface area contributed by atoms with E-state index in [0.29, 0.717) is 5.92 Å². The number of rotatable bonds is 3. The van der Waals surface area contributed by atoms with Gasteiger partial charge in [0, 0.05) is 19.0 Å². The predicted molar refractivity (Wildman–Crippen MR) is 97.5 cm³/mol. The molecule has 1 aromatic rings. The second-order valence-corrected chi connectivity index (χ2v) is 8.92. The van der Waals surface area contributed by atoms with Crippen LogP contribution in [0.3, 0.4) is 0 Å². The maximum Gasteiger partial charge on any atom is 0.310 e. The molecule has 0 aromatic heterocycles. The zero-order valence-corrected chi connectivity index (χ0v) is 15.5. The van der Waals surface area contributed by atoms with Crippen LogP contribution in [0.25, 0.3) is 0 Å². The van der Waals surface area contributed by atoms with Crippen molar-refractivity contribution in [3.05, 3.63) is 35.9 Å². The number of hydrogen-bond donors (Lipinski definition) is 0. The van der Waals surface area contributed by atoms with Crippen molar-refractivity contribution >= 4 is 23.5 Å². The zero-order valence-electron chi connectivity index (χ0n) is 14.7. The van der Waals surface area contributed by atoms with Gasteiger partial charge in [0.2, 0.25) is 5.91 Å². The van der Waals surface area contributed by atoms with Crippen molar-refractivity contribution in [2.75, 3.05) is 13.1 Å². The third-order valence-corrected chi connectivity index (χ3v) is 7.67. The minimum Gasteiger partial charge on any atom is -0.460 e. The van der Waals surface area contributed by atoms with Crippen LogP contribution in [0.2, 0.25) is 0 Å². The average molecular weight is 374 g/mol. The molecule has 26 heavy (non-hydrogen) atoms. The van der Waals surface area contributed by atoms with Crippen LogP contribution in [0.5, 0.6) is 0 Å². The van der Waals surface area contributed by atoms with Gasteiger partial charge in [0.15, 0.2) is 0 Å². The van der Waals surface area contributed by atoms with E-state index in [4.69, 9.17) is 16.3 Å². The Morgan fingerprint density at radius 1 is 1.15 bits per heavy atom. The van der Waals surface area contributed by atoms with Crippen LogP contribution in [0, 0.1) is 29.6 Å². The van der Waals surface area contributed by atoms with Gasteiger partial charge in [-0.1, -0.05) is 30.3 Å². The SMILES string of the molecule is O=C1O[C@@H]2C(Cl)[C@H]3C[C@@H]2[C@@H]1[C@H]3C(=O)N1CCC(Cc2ccccc2)CC1. The van der Waals surface area contributed by atoms with E-state index in [1.807, 2.05) is 11.0 Å². The molecule has 0 N–H and O–H groups in total. The van der Waals surface area contributed by atoms with Crippen LogP contribution in [-0.2, 0) is 20.7 Å². The molecule has 2 saturated carbocycles. The average Bonchev–Trinajstić information content (AvgIpc) is 3.27. The second-order valence-electron chi connectivity index (χ2n) is 8.42. The van der Waals surface area contributed by atoms with E-state index >= 15 is 0 Å². The molecule has 138 valence electrons. The summed E-state index contributed by atoms with van der Waals surface area (Å²) >= 11 is 6.51. The lowest BCUT2D eigenvalue weighted by Gasteiger charge is -2.36. The number of fused-ring (bicyclic) bond motifs is 1. The molecule has 4 fully saturated rings. The van der Waals surface area contributed by atoms with Crippen molar-refractivity contribution in [3.8, 4) is 0 Å². The second kappa shape index (κ2) is 6.26. The number of likely N-dealkylation sites (tertiary alicyclic amines) is 1. The third kappa shape index (κ3) is 2.49. The molecule has 2 aliphatic heterocycles. The molecule has 2 saturated heterocycles. The molecule has 2 heterocycles. The van der Waals surface area contributed by atoms with Crippen LogP contribution >= 0.6 is 11.6 Å². The predicted octanol–water partition coefficient (Wildman–Crippen LogP) is 2.88. The molecule has 1 unspecified atom stereocenters. The number of hydrogen-bond acceptors (Lipinski definition) is 3. The van der Waals surface area contributed by atoms with Crippen LogP contribution in [0.1, 0.15) is 24.8 Å². The number of ether oxygens (including phenoxy) is 1. The smallest absolute Gasteiger partial charge is 0.310 e. The lowest BCUT2D eigenvalue weighted by molar-refractivity contribution is -0.148. The fourth-order valence-electron chi connectivity index (χ4n) is 5.83. The summed E-state index contributed by atoms with van der Waals surface area (Å²) in [6.45, 7) is 1.59. The molecular formula is C21H24ClNO3. The Labute approximate surface area is 158 Å². The molecule has 4 aliphatic rings. The Hall–Kier alpha value is -1.55. The number of alkyl halides is 1. The van der Waals surface area contributed by atoms with Crippen molar-refractivity contribution in [1.29, 1.82) is 0 Å². The number of amides is 1. The Morgan fingerprint density at radius 3 is 2.62 bits per heavy atom. The molecule has 0 radical (unpaired) electrons. The summed E-state index contributed by atoms with van der Waals surface area (Å²) in [5.74, 6) is 0.362. The lowest BCUT2D eigenvalue weighted by atomic mass is 9.78. The highest BCUT2D eigenvalue weighted by Crippen LogP contribution is 2.59. The summed E-state index contributed by atoms with van der Waals surface area (Å²) in [6, 6.07) is 10.6. The number of carbonyl (C=O) groups is 2. The topological polar surface area (TPSA) is 46.6 Å². The van der Waals surface area contributed by atoms with Gasteiger partial charge < -0.3 is 9.64 Å². The number of nitrogens with zero attached hydrogens (tertiary/aromatic N) is 1. The Bertz CT molecular complexity index is 715. The number of esters is 1. The highest BCUT2D eigenvalue weighted by molar-refractivity contribution is 6.22. The van der Waals surface area contributed by atoms with Gasteiger partial charge >= 0.3 is 5.97 Å². The Morgan fingerprint density at radius 2 is 1.88 bits per heavy atom. The standard InChI is InChI=1S/C21H24ClNO3/c22-18-14-11-15-17(21(25)26-19(15)18)16(14)20(24)23-8-6-13(7-9-23)10-12-4-2-1-3-5-12/h1-5,13-19H,6-11H2/t14-,15+,16-,17+,18?,19-/m0/s1. The van der Waals surface area contributed by atoms with Crippen molar-refractivity contribution in [1.82, 2.24) is 4.90 Å². The fourth-order valence-corrected chi connectivity index (χ4v) is 6.32. The molecule has 2 bridgehead atoms. The lowest BCUT2D eigenvalue weighted by Crippen LogP contribution is -2.48. The van der Waals surface area contributed by atoms with Gasteiger partial charge in [-0.15, -0.1) is 11.6 Å². The van der Waals surface area contributed by atoms with E-state index in [9.17, 15) is 9.59 Å². The Balaban J connectivity index is 1.23. The normalized spacial score (nSPS) is 38.7. The number of halogens is 1. The van der Waals surface area contributed by atoms with Gasteiger partial charge in [-0.05, 0) is 43.1 Å². The van der Waals surface area contributed by atoms with Crippen molar-refractivity contribution in [3.63, 3.8) is 0 Å². The molecule has 2 aliphatic carbocycles. The molecule has 1 aromatic carbocycles. The number of benzene rings is 1. The first-order valence-electron chi connectivity index (χ1n) is 9.81. The molecule has 0 spiro atoms. The molecule has 1 amide bonds. The van der Waals surface area contributed by atoms with Crippen LogP contribution in [-0.4, -0.2) is 41.3 Å². The van der Waals surface area contributed by atoms with E-state index in [0.717, 1.165) is 38.8 Å². The highest BCUT2D eigenvalue weighted by atomic mass is 35.5. The summed E-state index contributed by atoms with van der Waals surface area (Å²) in [6.07, 6.45) is 3.86. The number of carbonyl (C=O) groups excluding carboxylic acids is 2. The monoisotopic (exact) mass is 373 g/mol. The minimum absolute atomic E-state index is 0.109. The quantitative estimate of drug-likeness (QED) is 0.604. The van der Waals surface area contributed by atoms with Crippen LogP contribution < -0.4 is 0 Å². The van der Waals surface area contributed by atoms with Gasteiger partial charge in [-0.25, -0.2) is 0 Å². The minimum atomic E-state index is -0.251. The van der Waals surface area contributed by atoms with E-state index in [2.05, 4.69) is 24.3 Å². The fraction of sp³-hybridized carbons (Fsp3) is 0.619. The third-order valence-electron chi connectivity index (χ3n) is 7.10. The van der Waals surface area contributed by atoms with E-state index < -0.39 is 0 Å².